The Hall–Kier alpha value is -3.06. The molecule has 130 valence electrons. The number of halogens is 1. The van der Waals surface area contributed by atoms with Crippen LogP contribution in [0.4, 0.5) is 11.4 Å². The number of carbonyl (C=O) groups is 2. The number of rotatable bonds is 5. The van der Waals surface area contributed by atoms with Crippen LogP contribution in [-0.2, 0) is 9.53 Å². The molecule has 0 aliphatic rings. The van der Waals surface area contributed by atoms with Gasteiger partial charge in [0.2, 0.25) is 5.84 Å². The maximum Gasteiger partial charge on any atom is 0.375 e. The fourth-order valence-electron chi connectivity index (χ4n) is 1.88. The Morgan fingerprint density at radius 1 is 1.20 bits per heavy atom. The predicted octanol–water partition coefficient (Wildman–Crippen LogP) is 3.25. The van der Waals surface area contributed by atoms with Gasteiger partial charge in [0.05, 0.1) is 23.5 Å². The van der Waals surface area contributed by atoms with Gasteiger partial charge >= 0.3 is 11.9 Å². The third-order valence-corrected chi connectivity index (χ3v) is 3.23. The normalized spacial score (nSPS) is 10.9. The third-order valence-electron chi connectivity index (χ3n) is 2.99. The number of benzene rings is 2. The zero-order valence-electron chi connectivity index (χ0n) is 13.3. The van der Waals surface area contributed by atoms with Crippen LogP contribution in [-0.4, -0.2) is 29.5 Å². The molecular formula is C17H16ClN3O4. The van der Waals surface area contributed by atoms with Gasteiger partial charge in [-0.25, -0.2) is 14.6 Å². The van der Waals surface area contributed by atoms with E-state index in [1.165, 1.54) is 18.2 Å². The lowest BCUT2D eigenvalue weighted by molar-refractivity contribution is -0.135. The number of amidine groups is 1. The maximum absolute atomic E-state index is 12.1. The lowest BCUT2D eigenvalue weighted by atomic mass is 10.2. The summed E-state index contributed by atoms with van der Waals surface area (Å²) < 4.78 is 4.94. The van der Waals surface area contributed by atoms with Crippen molar-refractivity contribution >= 4 is 40.7 Å². The third kappa shape index (κ3) is 5.22. The molecule has 0 aromatic heterocycles. The molecule has 0 aliphatic carbocycles. The van der Waals surface area contributed by atoms with Crippen molar-refractivity contribution in [3.05, 3.63) is 59.1 Å². The van der Waals surface area contributed by atoms with Crippen molar-refractivity contribution < 1.29 is 19.4 Å². The summed E-state index contributed by atoms with van der Waals surface area (Å²) in [6, 6.07) is 13.1. The molecule has 3 N–H and O–H groups in total. The first kappa shape index (κ1) is 18.3. The molecule has 0 unspecified atom stereocenters. The fourth-order valence-corrected chi connectivity index (χ4v) is 2.04. The highest BCUT2D eigenvalue weighted by atomic mass is 35.5. The van der Waals surface area contributed by atoms with Gasteiger partial charge < -0.3 is 9.84 Å². The van der Waals surface area contributed by atoms with Crippen molar-refractivity contribution in [2.24, 2.45) is 4.99 Å². The van der Waals surface area contributed by atoms with E-state index < -0.39 is 11.9 Å². The molecule has 25 heavy (non-hydrogen) atoms. The number of hydrogen-bond donors (Lipinski definition) is 3. The number of anilines is 1. The molecule has 0 saturated heterocycles. The van der Waals surface area contributed by atoms with Crippen LogP contribution in [0.2, 0.25) is 5.02 Å². The molecule has 0 spiro atoms. The van der Waals surface area contributed by atoms with Crippen molar-refractivity contribution in [2.45, 2.75) is 6.92 Å². The Morgan fingerprint density at radius 3 is 2.56 bits per heavy atom. The second kappa shape index (κ2) is 8.70. The van der Waals surface area contributed by atoms with Crippen molar-refractivity contribution in [1.29, 1.82) is 0 Å². The molecule has 2 aromatic carbocycles. The summed E-state index contributed by atoms with van der Waals surface area (Å²) in [6.07, 6.45) is 0. The highest BCUT2D eigenvalue weighted by Gasteiger charge is 2.16. The maximum atomic E-state index is 12.1. The zero-order valence-corrected chi connectivity index (χ0v) is 14.1. The Kier molecular flexibility index (Phi) is 6.36. The SMILES string of the molecule is CCOC(=O)C(=Nc1cc(Cl)ccc1C(=O)O)NNc1ccccc1. The molecule has 8 heteroatoms. The van der Waals surface area contributed by atoms with E-state index >= 15 is 0 Å². The first-order valence-corrected chi connectivity index (χ1v) is 7.74. The van der Waals surface area contributed by atoms with E-state index in [2.05, 4.69) is 15.8 Å². The topological polar surface area (TPSA) is 100 Å². The van der Waals surface area contributed by atoms with E-state index in [1.54, 1.807) is 19.1 Å². The minimum atomic E-state index is -1.19. The van der Waals surface area contributed by atoms with Crippen LogP contribution in [0.3, 0.4) is 0 Å². The summed E-state index contributed by atoms with van der Waals surface area (Å²) in [7, 11) is 0. The van der Waals surface area contributed by atoms with E-state index in [0.29, 0.717) is 10.7 Å². The standard InChI is InChI=1S/C17H16ClN3O4/c1-2-25-17(24)15(21-20-12-6-4-3-5-7-12)19-14-10-11(18)8-9-13(14)16(22)23/h3-10,20H,2H2,1H3,(H,19,21)(H,22,23). The summed E-state index contributed by atoms with van der Waals surface area (Å²) in [5, 5.41) is 9.55. The summed E-state index contributed by atoms with van der Waals surface area (Å²) in [5.41, 5.74) is 6.08. The van der Waals surface area contributed by atoms with Gasteiger partial charge in [0.25, 0.3) is 0 Å². The highest BCUT2D eigenvalue weighted by Crippen LogP contribution is 2.24. The number of hydrazine groups is 1. The first-order valence-electron chi connectivity index (χ1n) is 7.37. The first-order chi connectivity index (χ1) is 12.0. The molecule has 0 bridgehead atoms. The number of nitrogens with zero attached hydrogens (tertiary/aromatic N) is 1. The zero-order chi connectivity index (χ0) is 18.2. The van der Waals surface area contributed by atoms with Gasteiger partial charge in [0.1, 0.15) is 0 Å². The Morgan fingerprint density at radius 2 is 1.92 bits per heavy atom. The second-order valence-electron chi connectivity index (χ2n) is 4.76. The van der Waals surface area contributed by atoms with E-state index in [9.17, 15) is 14.7 Å². The number of nitrogens with one attached hydrogen (secondary N) is 2. The van der Waals surface area contributed by atoms with Gasteiger partial charge in [0, 0.05) is 5.02 Å². The number of aliphatic imine (C=N–C) groups is 1. The van der Waals surface area contributed by atoms with Gasteiger partial charge in [-0.05, 0) is 37.3 Å². The molecule has 0 radical (unpaired) electrons. The van der Waals surface area contributed by atoms with Gasteiger partial charge in [-0.1, -0.05) is 29.8 Å². The molecule has 0 amide bonds. The Bertz CT molecular complexity index is 794. The van der Waals surface area contributed by atoms with Crippen LogP contribution in [0.5, 0.6) is 0 Å². The van der Waals surface area contributed by atoms with Crippen LogP contribution in [0.15, 0.2) is 53.5 Å². The lowest BCUT2D eigenvalue weighted by Gasteiger charge is -2.12. The summed E-state index contributed by atoms with van der Waals surface area (Å²) >= 11 is 5.90. The number of esters is 1. The molecule has 7 nitrogen and oxygen atoms in total. The fraction of sp³-hybridized carbons (Fsp3) is 0.118. The molecule has 0 fully saturated rings. The second-order valence-corrected chi connectivity index (χ2v) is 5.20. The minimum Gasteiger partial charge on any atom is -0.478 e. The van der Waals surface area contributed by atoms with Crippen molar-refractivity contribution in [1.82, 2.24) is 5.43 Å². The Labute approximate surface area is 149 Å². The van der Waals surface area contributed by atoms with E-state index in [0.717, 1.165) is 0 Å². The summed E-state index contributed by atoms with van der Waals surface area (Å²) in [6.45, 7) is 1.80. The van der Waals surface area contributed by atoms with Gasteiger partial charge in [-0.15, -0.1) is 0 Å². The molecule has 0 atom stereocenters. The number of para-hydroxylation sites is 1. The summed E-state index contributed by atoms with van der Waals surface area (Å²) in [5.74, 6) is -2.12. The van der Waals surface area contributed by atoms with Gasteiger partial charge in [-0.3, -0.25) is 10.9 Å². The summed E-state index contributed by atoms with van der Waals surface area (Å²) in [4.78, 5) is 27.5. The number of hydrogen-bond acceptors (Lipinski definition) is 5. The van der Waals surface area contributed by atoms with Crippen LogP contribution < -0.4 is 10.9 Å². The quantitative estimate of drug-likeness (QED) is 0.327. The minimum absolute atomic E-state index is 0.0328. The molecule has 0 aliphatic heterocycles. The van der Waals surface area contributed by atoms with Crippen molar-refractivity contribution in [3.63, 3.8) is 0 Å². The van der Waals surface area contributed by atoms with Crippen LogP contribution >= 0.6 is 11.6 Å². The average Bonchev–Trinajstić information content (AvgIpc) is 2.59. The van der Waals surface area contributed by atoms with Crippen LogP contribution in [0.1, 0.15) is 17.3 Å². The lowest BCUT2D eigenvalue weighted by Crippen LogP contribution is -2.36. The number of ether oxygens (including phenoxy) is 1. The van der Waals surface area contributed by atoms with Gasteiger partial charge in [0.15, 0.2) is 0 Å². The monoisotopic (exact) mass is 361 g/mol. The van der Waals surface area contributed by atoms with Crippen LogP contribution in [0, 0.1) is 0 Å². The molecule has 0 saturated carbocycles. The van der Waals surface area contributed by atoms with E-state index in [-0.39, 0.29) is 23.7 Å². The van der Waals surface area contributed by atoms with Crippen molar-refractivity contribution in [2.75, 3.05) is 12.0 Å². The van der Waals surface area contributed by atoms with Gasteiger partial charge in [-0.2, -0.15) is 0 Å². The largest absolute Gasteiger partial charge is 0.478 e. The Balaban J connectivity index is 2.34. The van der Waals surface area contributed by atoms with Crippen LogP contribution in [0.25, 0.3) is 0 Å². The average molecular weight is 362 g/mol. The molecule has 0 heterocycles. The van der Waals surface area contributed by atoms with Crippen molar-refractivity contribution in [3.8, 4) is 0 Å². The molecule has 2 aromatic rings. The van der Waals surface area contributed by atoms with E-state index in [1.807, 2.05) is 18.2 Å². The molecular weight excluding hydrogens is 346 g/mol. The number of carbonyl (C=O) groups excluding carboxylic acids is 1. The highest BCUT2D eigenvalue weighted by molar-refractivity contribution is 6.36. The number of carboxylic acids is 1. The number of aromatic carboxylic acids is 1. The predicted molar refractivity (Wildman–Crippen MR) is 95.3 cm³/mol. The molecule has 2 rings (SSSR count). The van der Waals surface area contributed by atoms with E-state index in [4.69, 9.17) is 16.3 Å². The number of carboxylic acid groups (broad SMARTS) is 1. The smallest absolute Gasteiger partial charge is 0.375 e.